The lowest BCUT2D eigenvalue weighted by Crippen LogP contribution is -2.15. The molecule has 6 nitrogen and oxygen atoms in total. The van der Waals surface area contributed by atoms with Crippen LogP contribution in [0, 0.1) is 0 Å². The number of halogens is 3. The zero-order chi connectivity index (χ0) is 17.3. The molecule has 3 heterocycles. The van der Waals surface area contributed by atoms with Gasteiger partial charge in [-0.15, -0.1) is 10.2 Å². The number of alkyl halides is 3. The number of hydrogen-bond acceptors (Lipinski definition) is 6. The van der Waals surface area contributed by atoms with E-state index in [4.69, 9.17) is 4.74 Å². The van der Waals surface area contributed by atoms with Crippen molar-refractivity contribution >= 4 is 23.4 Å². The number of pyridine rings is 1. The normalized spacial score (nSPS) is 18.2. The lowest BCUT2D eigenvalue weighted by Gasteiger charge is -2.13. The predicted octanol–water partition coefficient (Wildman–Crippen LogP) is 2.81. The molecule has 130 valence electrons. The van der Waals surface area contributed by atoms with E-state index in [0.717, 1.165) is 48.2 Å². The first-order valence-electron chi connectivity index (χ1n) is 7.20. The van der Waals surface area contributed by atoms with E-state index in [1.807, 2.05) is 0 Å². The molecule has 1 fully saturated rings. The van der Waals surface area contributed by atoms with Crippen LogP contribution in [-0.4, -0.2) is 46.1 Å². The maximum absolute atomic E-state index is 13.3. The van der Waals surface area contributed by atoms with Crippen molar-refractivity contribution in [1.82, 2.24) is 14.6 Å². The van der Waals surface area contributed by atoms with E-state index in [9.17, 15) is 18.0 Å². The quantitative estimate of drug-likeness (QED) is 0.616. The number of hydrogen-bond donors (Lipinski definition) is 0. The van der Waals surface area contributed by atoms with Crippen LogP contribution in [-0.2, 0) is 15.7 Å². The van der Waals surface area contributed by atoms with Crippen molar-refractivity contribution in [2.24, 2.45) is 0 Å². The Morgan fingerprint density at radius 3 is 2.88 bits per heavy atom. The van der Waals surface area contributed by atoms with E-state index in [0.29, 0.717) is 12.4 Å². The number of methoxy groups -OCH3 is 1. The molecule has 0 aliphatic carbocycles. The Labute approximate surface area is 139 Å². The van der Waals surface area contributed by atoms with E-state index in [1.54, 1.807) is 0 Å². The first-order chi connectivity index (χ1) is 11.4. The molecule has 10 heteroatoms. The summed E-state index contributed by atoms with van der Waals surface area (Å²) in [5.41, 5.74) is -1.18. The first kappa shape index (κ1) is 17.0. The number of ether oxygens (including phenoxy) is 2. The summed E-state index contributed by atoms with van der Waals surface area (Å²) < 4.78 is 50.8. The lowest BCUT2D eigenvalue weighted by atomic mass is 10.2. The van der Waals surface area contributed by atoms with Gasteiger partial charge in [0.25, 0.3) is 0 Å². The van der Waals surface area contributed by atoms with Crippen molar-refractivity contribution in [2.75, 3.05) is 19.5 Å². The van der Waals surface area contributed by atoms with Crippen molar-refractivity contribution in [1.29, 1.82) is 0 Å². The molecule has 1 aliphatic rings. The predicted molar refractivity (Wildman–Crippen MR) is 79.0 cm³/mol. The molecule has 1 unspecified atom stereocenters. The summed E-state index contributed by atoms with van der Waals surface area (Å²) in [6.45, 7) is 0.659. The number of esters is 1. The molecule has 0 N–H and O–H groups in total. The maximum Gasteiger partial charge on any atom is 0.431 e. The number of nitrogens with zero attached hydrogens (tertiary/aromatic N) is 3. The Morgan fingerprint density at radius 1 is 1.46 bits per heavy atom. The number of aromatic nitrogens is 3. The van der Waals surface area contributed by atoms with Gasteiger partial charge in [-0.25, -0.2) is 4.79 Å². The summed E-state index contributed by atoms with van der Waals surface area (Å²) in [7, 11) is 1.15. The van der Waals surface area contributed by atoms with Crippen molar-refractivity contribution in [3.63, 3.8) is 0 Å². The third-order valence-corrected chi connectivity index (χ3v) is 4.70. The second-order valence-corrected chi connectivity index (χ2v) is 6.20. The van der Waals surface area contributed by atoms with Crippen molar-refractivity contribution in [2.45, 2.75) is 30.3 Å². The average Bonchev–Trinajstić information content (AvgIpc) is 3.19. The van der Waals surface area contributed by atoms with E-state index >= 15 is 0 Å². The van der Waals surface area contributed by atoms with Crippen LogP contribution >= 0.6 is 11.8 Å². The second kappa shape index (κ2) is 6.60. The van der Waals surface area contributed by atoms with Crippen LogP contribution in [0.1, 0.15) is 28.9 Å². The molecule has 1 atom stereocenters. The molecule has 1 aliphatic heterocycles. The number of carbonyl (C=O) groups excluding carboxylic acids is 1. The number of thioether (sulfide) groups is 1. The monoisotopic (exact) mass is 361 g/mol. The average molecular weight is 361 g/mol. The highest BCUT2D eigenvalue weighted by Crippen LogP contribution is 2.33. The van der Waals surface area contributed by atoms with Gasteiger partial charge in [0, 0.05) is 12.4 Å². The molecule has 2 aromatic rings. The summed E-state index contributed by atoms with van der Waals surface area (Å²) in [6.07, 6.45) is -2.82. The van der Waals surface area contributed by atoms with Crippen LogP contribution in [0.2, 0.25) is 0 Å². The van der Waals surface area contributed by atoms with Crippen molar-refractivity contribution < 1.29 is 27.4 Å². The van der Waals surface area contributed by atoms with Gasteiger partial charge in [0.1, 0.15) is 11.3 Å². The largest absolute Gasteiger partial charge is 0.465 e. The highest BCUT2D eigenvalue weighted by molar-refractivity contribution is 7.99. The minimum Gasteiger partial charge on any atom is -0.465 e. The van der Waals surface area contributed by atoms with Gasteiger partial charge < -0.3 is 9.47 Å². The summed E-state index contributed by atoms with van der Waals surface area (Å²) >= 11 is 1.12. The molecule has 0 spiro atoms. The molecule has 0 amide bonds. The molecule has 3 rings (SSSR count). The van der Waals surface area contributed by atoms with Gasteiger partial charge in [-0.3, -0.25) is 4.40 Å². The summed E-state index contributed by atoms with van der Waals surface area (Å²) in [5, 5.41) is 7.65. The lowest BCUT2D eigenvalue weighted by molar-refractivity contribution is -0.142. The minimum atomic E-state index is -4.60. The Bertz CT molecular complexity index is 757. The van der Waals surface area contributed by atoms with Gasteiger partial charge in [0.15, 0.2) is 10.8 Å². The highest BCUT2D eigenvalue weighted by atomic mass is 32.2. The summed E-state index contributed by atoms with van der Waals surface area (Å²) in [6, 6.07) is 1.88. The summed E-state index contributed by atoms with van der Waals surface area (Å²) in [4.78, 5) is 11.8. The standard InChI is InChI=1S/C14H14F3N3O3S/c1-22-12(21)9-4-5-10(14(15,16)17)20-11(9)18-19-13(20)24-7-8-3-2-6-23-8/h4-5,8H,2-3,6-7H2,1H3. The van der Waals surface area contributed by atoms with Gasteiger partial charge in [-0.2, -0.15) is 13.2 Å². The zero-order valence-electron chi connectivity index (χ0n) is 12.7. The Kier molecular flexibility index (Phi) is 4.68. The van der Waals surface area contributed by atoms with Crippen LogP contribution in [0.5, 0.6) is 0 Å². The molecule has 24 heavy (non-hydrogen) atoms. The SMILES string of the molecule is COC(=O)c1ccc(C(F)(F)F)n2c(SCC3CCCO3)nnc12. The molecule has 2 aromatic heterocycles. The third-order valence-electron chi connectivity index (χ3n) is 3.64. The molecule has 0 bridgehead atoms. The number of rotatable bonds is 4. The Hall–Kier alpha value is -1.81. The number of fused-ring (bicyclic) bond motifs is 1. The van der Waals surface area contributed by atoms with E-state index in [2.05, 4.69) is 14.9 Å². The second-order valence-electron chi connectivity index (χ2n) is 5.21. The van der Waals surface area contributed by atoms with Crippen molar-refractivity contribution in [3.8, 4) is 0 Å². The van der Waals surface area contributed by atoms with E-state index < -0.39 is 17.8 Å². The van der Waals surface area contributed by atoms with E-state index in [-0.39, 0.29) is 22.5 Å². The van der Waals surface area contributed by atoms with E-state index in [1.165, 1.54) is 0 Å². The first-order valence-corrected chi connectivity index (χ1v) is 8.18. The number of carbonyl (C=O) groups is 1. The summed E-state index contributed by atoms with van der Waals surface area (Å²) in [5.74, 6) is -0.294. The van der Waals surface area contributed by atoms with Crippen molar-refractivity contribution in [3.05, 3.63) is 23.4 Å². The third kappa shape index (κ3) is 3.20. The Balaban J connectivity index is 2.03. The zero-order valence-corrected chi connectivity index (χ0v) is 13.5. The molecule has 0 radical (unpaired) electrons. The molecule has 0 saturated carbocycles. The Morgan fingerprint density at radius 2 is 2.25 bits per heavy atom. The fourth-order valence-corrected chi connectivity index (χ4v) is 3.51. The topological polar surface area (TPSA) is 65.7 Å². The fraction of sp³-hybridized carbons (Fsp3) is 0.500. The smallest absolute Gasteiger partial charge is 0.431 e. The van der Waals surface area contributed by atoms with Crippen LogP contribution in [0.25, 0.3) is 5.65 Å². The highest BCUT2D eigenvalue weighted by Gasteiger charge is 2.36. The minimum absolute atomic E-state index is 0.0134. The van der Waals surface area contributed by atoms with Crippen LogP contribution < -0.4 is 0 Å². The van der Waals surface area contributed by atoms with Gasteiger partial charge in [-0.1, -0.05) is 11.8 Å². The van der Waals surface area contributed by atoms with Gasteiger partial charge in [0.2, 0.25) is 0 Å². The fourth-order valence-electron chi connectivity index (χ4n) is 2.50. The molecule has 0 aromatic carbocycles. The molecular formula is C14H14F3N3O3S. The van der Waals surface area contributed by atoms with Gasteiger partial charge >= 0.3 is 12.1 Å². The molecule has 1 saturated heterocycles. The van der Waals surface area contributed by atoms with Crippen LogP contribution in [0.4, 0.5) is 13.2 Å². The van der Waals surface area contributed by atoms with Crippen LogP contribution in [0.3, 0.4) is 0 Å². The van der Waals surface area contributed by atoms with Gasteiger partial charge in [-0.05, 0) is 25.0 Å². The molecular weight excluding hydrogens is 347 g/mol. The van der Waals surface area contributed by atoms with Gasteiger partial charge in [0.05, 0.1) is 13.2 Å². The van der Waals surface area contributed by atoms with Crippen LogP contribution in [0.15, 0.2) is 17.3 Å². The maximum atomic E-state index is 13.3.